The summed E-state index contributed by atoms with van der Waals surface area (Å²) in [6.45, 7) is 0. The number of nitrogens with one attached hydrogen (secondary N) is 2. The summed E-state index contributed by atoms with van der Waals surface area (Å²) >= 11 is 0. The number of carbonyl (C=O) groups is 2. The van der Waals surface area contributed by atoms with Gasteiger partial charge in [-0.05, 0) is 72.8 Å². The van der Waals surface area contributed by atoms with Crippen LogP contribution in [-0.4, -0.2) is 42.9 Å². The number of carbonyl (C=O) groups excluding carboxylic acids is 2. The normalized spacial score (nSPS) is 11.5. The Bertz CT molecular complexity index is 1550. The van der Waals surface area contributed by atoms with Crippen LogP contribution in [0.4, 0.5) is 0 Å². The van der Waals surface area contributed by atoms with Crippen molar-refractivity contribution < 1.29 is 28.2 Å². The number of sulfone groups is 1. The lowest BCUT2D eigenvalue weighted by atomic mass is 10.2. The Morgan fingerprint density at radius 3 is 1.31 bits per heavy atom. The molecular formula is C28H22N4O6S. The van der Waals surface area contributed by atoms with Crippen LogP contribution in [0.3, 0.4) is 0 Å². The average molecular weight is 543 g/mol. The van der Waals surface area contributed by atoms with Gasteiger partial charge in [-0.1, -0.05) is 24.3 Å². The highest BCUT2D eigenvalue weighted by atomic mass is 32.2. The van der Waals surface area contributed by atoms with E-state index >= 15 is 0 Å². The highest BCUT2D eigenvalue weighted by Gasteiger charge is 2.19. The third-order valence-electron chi connectivity index (χ3n) is 5.47. The molecule has 0 aromatic heterocycles. The van der Waals surface area contributed by atoms with Crippen molar-refractivity contribution in [2.75, 3.05) is 0 Å². The smallest absolute Gasteiger partial charge is 0.271 e. The van der Waals surface area contributed by atoms with Crippen molar-refractivity contribution in [1.29, 1.82) is 0 Å². The molecule has 0 bridgehead atoms. The molecule has 0 fully saturated rings. The van der Waals surface area contributed by atoms with Crippen molar-refractivity contribution in [2.45, 2.75) is 9.79 Å². The van der Waals surface area contributed by atoms with E-state index in [9.17, 15) is 28.2 Å². The zero-order chi connectivity index (χ0) is 27.8. The van der Waals surface area contributed by atoms with Crippen LogP contribution in [0.25, 0.3) is 0 Å². The van der Waals surface area contributed by atoms with Gasteiger partial charge in [0.05, 0.1) is 22.2 Å². The Kier molecular flexibility index (Phi) is 8.12. The summed E-state index contributed by atoms with van der Waals surface area (Å²) in [6.07, 6.45) is 2.58. The minimum Gasteiger partial charge on any atom is -0.507 e. The molecule has 4 N–H and O–H groups in total. The summed E-state index contributed by atoms with van der Waals surface area (Å²) in [7, 11) is -3.92. The SMILES string of the molecule is O=C(NN=Cc1ccccc1O)c1ccc(S(=O)(=O)c2ccc(C(=O)NN=Cc3ccccc3O)cc2)cc1. The van der Waals surface area contributed by atoms with Gasteiger partial charge in [-0.25, -0.2) is 19.3 Å². The van der Waals surface area contributed by atoms with E-state index in [4.69, 9.17) is 0 Å². The lowest BCUT2D eigenvalue weighted by Crippen LogP contribution is -2.18. The molecule has 0 saturated heterocycles. The van der Waals surface area contributed by atoms with E-state index in [1.54, 1.807) is 36.4 Å². The zero-order valence-electron chi connectivity index (χ0n) is 20.2. The first kappa shape index (κ1) is 26.8. The predicted molar refractivity (Wildman–Crippen MR) is 145 cm³/mol. The van der Waals surface area contributed by atoms with Crippen LogP contribution in [0.5, 0.6) is 11.5 Å². The minimum atomic E-state index is -3.92. The molecule has 196 valence electrons. The molecule has 2 amide bonds. The highest BCUT2D eigenvalue weighted by molar-refractivity contribution is 7.91. The van der Waals surface area contributed by atoms with Crippen molar-refractivity contribution in [3.63, 3.8) is 0 Å². The maximum absolute atomic E-state index is 13.0. The quantitative estimate of drug-likeness (QED) is 0.197. The van der Waals surface area contributed by atoms with Crippen molar-refractivity contribution in [3.05, 3.63) is 119 Å². The molecule has 0 atom stereocenters. The van der Waals surface area contributed by atoms with Crippen LogP contribution in [0, 0.1) is 0 Å². The van der Waals surface area contributed by atoms with Gasteiger partial charge in [-0.2, -0.15) is 10.2 Å². The number of hydrogen-bond donors (Lipinski definition) is 4. The Labute approximate surface area is 223 Å². The Morgan fingerprint density at radius 2 is 0.949 bits per heavy atom. The Morgan fingerprint density at radius 1 is 0.590 bits per heavy atom. The van der Waals surface area contributed by atoms with E-state index in [1.165, 1.54) is 73.1 Å². The van der Waals surface area contributed by atoms with Gasteiger partial charge in [0.2, 0.25) is 9.84 Å². The monoisotopic (exact) mass is 542 g/mol. The topological polar surface area (TPSA) is 158 Å². The fourth-order valence-electron chi connectivity index (χ4n) is 3.35. The second kappa shape index (κ2) is 11.8. The summed E-state index contributed by atoms with van der Waals surface area (Å²) in [5.41, 5.74) is 5.83. The number of phenolic OH excluding ortho intramolecular Hbond substituents is 2. The molecule has 4 rings (SSSR count). The van der Waals surface area contributed by atoms with Crippen molar-refractivity contribution in [3.8, 4) is 11.5 Å². The third kappa shape index (κ3) is 6.53. The van der Waals surface area contributed by atoms with Gasteiger partial charge in [0.25, 0.3) is 11.8 Å². The van der Waals surface area contributed by atoms with Crippen LogP contribution in [0.1, 0.15) is 31.8 Å². The number of para-hydroxylation sites is 2. The van der Waals surface area contributed by atoms with E-state index in [2.05, 4.69) is 21.1 Å². The molecular weight excluding hydrogens is 520 g/mol. The molecule has 4 aromatic rings. The first-order chi connectivity index (χ1) is 18.8. The number of hydrogen-bond acceptors (Lipinski definition) is 8. The number of amides is 2. The van der Waals surface area contributed by atoms with Gasteiger partial charge < -0.3 is 10.2 Å². The average Bonchev–Trinajstić information content (AvgIpc) is 2.95. The van der Waals surface area contributed by atoms with Crippen molar-refractivity contribution in [1.82, 2.24) is 10.9 Å². The maximum atomic E-state index is 13.0. The van der Waals surface area contributed by atoms with Gasteiger partial charge in [0, 0.05) is 22.3 Å². The number of benzene rings is 4. The second-order valence-electron chi connectivity index (χ2n) is 8.07. The van der Waals surface area contributed by atoms with E-state index in [0.717, 1.165) is 0 Å². The summed E-state index contributed by atoms with van der Waals surface area (Å²) in [4.78, 5) is 24.6. The lowest BCUT2D eigenvalue weighted by molar-refractivity contribution is 0.0947. The first-order valence-electron chi connectivity index (χ1n) is 11.4. The van der Waals surface area contributed by atoms with Crippen molar-refractivity contribution in [2.24, 2.45) is 10.2 Å². The van der Waals surface area contributed by atoms with Gasteiger partial charge in [0.1, 0.15) is 11.5 Å². The molecule has 0 saturated carbocycles. The number of aromatic hydroxyl groups is 2. The van der Waals surface area contributed by atoms with Gasteiger partial charge >= 0.3 is 0 Å². The zero-order valence-corrected chi connectivity index (χ0v) is 21.0. The second-order valence-corrected chi connectivity index (χ2v) is 10.0. The van der Waals surface area contributed by atoms with E-state index < -0.39 is 21.7 Å². The Balaban J connectivity index is 1.39. The molecule has 39 heavy (non-hydrogen) atoms. The minimum absolute atomic E-state index is 0.0106. The number of hydrazone groups is 2. The largest absolute Gasteiger partial charge is 0.507 e. The summed E-state index contributed by atoms with van der Waals surface area (Å²) in [5, 5.41) is 27.1. The number of nitrogens with zero attached hydrogens (tertiary/aromatic N) is 2. The summed E-state index contributed by atoms with van der Waals surface area (Å²) < 4.78 is 26.0. The lowest BCUT2D eigenvalue weighted by Gasteiger charge is -2.07. The summed E-state index contributed by atoms with van der Waals surface area (Å²) in [6, 6.07) is 23.5. The van der Waals surface area contributed by atoms with Gasteiger partial charge in [-0.15, -0.1) is 0 Å². The third-order valence-corrected chi connectivity index (χ3v) is 7.25. The van der Waals surface area contributed by atoms with Crippen LogP contribution in [0.2, 0.25) is 0 Å². The molecule has 11 heteroatoms. The molecule has 0 unspecified atom stereocenters. The first-order valence-corrected chi connectivity index (χ1v) is 12.9. The molecule has 0 aliphatic carbocycles. The maximum Gasteiger partial charge on any atom is 0.271 e. The van der Waals surface area contributed by atoms with Crippen LogP contribution in [-0.2, 0) is 9.84 Å². The van der Waals surface area contributed by atoms with E-state index in [1.807, 2.05) is 0 Å². The molecule has 0 aliphatic heterocycles. The highest BCUT2D eigenvalue weighted by Crippen LogP contribution is 2.22. The predicted octanol–water partition coefficient (Wildman–Crippen LogP) is 3.46. The molecule has 4 aromatic carbocycles. The van der Waals surface area contributed by atoms with Crippen LogP contribution < -0.4 is 10.9 Å². The van der Waals surface area contributed by atoms with Crippen molar-refractivity contribution >= 4 is 34.1 Å². The van der Waals surface area contributed by atoms with E-state index in [0.29, 0.717) is 11.1 Å². The fraction of sp³-hybridized carbons (Fsp3) is 0. The molecule has 0 heterocycles. The van der Waals surface area contributed by atoms with Crippen LogP contribution in [0.15, 0.2) is 117 Å². The van der Waals surface area contributed by atoms with Gasteiger partial charge in [0.15, 0.2) is 0 Å². The number of rotatable bonds is 8. The van der Waals surface area contributed by atoms with E-state index in [-0.39, 0.29) is 32.4 Å². The number of phenols is 2. The molecule has 0 spiro atoms. The Hall–Kier alpha value is -5.29. The standard InChI is InChI=1S/C28H22N4O6S/c33-25-7-3-1-5-21(25)17-29-31-27(35)19-9-13-23(14-10-19)39(37,38)24-15-11-20(12-16-24)28(36)32-30-18-22-6-2-4-8-26(22)34/h1-18,33-34H,(H,31,35)(H,32,36). The summed E-state index contributed by atoms with van der Waals surface area (Å²) in [5.74, 6) is -1.11. The van der Waals surface area contributed by atoms with Gasteiger partial charge in [-0.3, -0.25) is 9.59 Å². The fourth-order valence-corrected chi connectivity index (χ4v) is 4.61. The molecule has 10 nitrogen and oxygen atoms in total. The van der Waals surface area contributed by atoms with Crippen LogP contribution >= 0.6 is 0 Å². The molecule has 0 aliphatic rings. The molecule has 0 radical (unpaired) electrons.